The van der Waals surface area contributed by atoms with Crippen molar-refractivity contribution in [3.8, 4) is 0 Å². The highest BCUT2D eigenvalue weighted by Crippen LogP contribution is 2.38. The van der Waals surface area contributed by atoms with Gasteiger partial charge < -0.3 is 9.64 Å². The van der Waals surface area contributed by atoms with Gasteiger partial charge in [-0.3, -0.25) is 0 Å². The van der Waals surface area contributed by atoms with E-state index < -0.39 is 5.97 Å². The van der Waals surface area contributed by atoms with Crippen molar-refractivity contribution >= 4 is 17.3 Å². The minimum Gasteiger partial charge on any atom is -0.461 e. The fourth-order valence-electron chi connectivity index (χ4n) is 3.26. The molecule has 1 heterocycles. The number of hydrogen-bond donors (Lipinski definition) is 0. The molecule has 5 heteroatoms. The molecule has 0 bridgehead atoms. The molecule has 2 aliphatic rings. The van der Waals surface area contributed by atoms with Crippen molar-refractivity contribution in [1.29, 1.82) is 0 Å². The van der Waals surface area contributed by atoms with Gasteiger partial charge in [0.1, 0.15) is 11.6 Å². The molecule has 4 nitrogen and oxygen atoms in total. The second-order valence-electron chi connectivity index (χ2n) is 6.94. The number of nitrogens with zero attached hydrogens (tertiary/aromatic N) is 2. The van der Waals surface area contributed by atoms with E-state index >= 15 is 0 Å². The third-order valence-corrected chi connectivity index (χ3v) is 5.10. The van der Waals surface area contributed by atoms with Crippen LogP contribution in [0.4, 0.5) is 4.39 Å². The molecule has 0 N–H and O–H groups in total. The van der Waals surface area contributed by atoms with Gasteiger partial charge in [0.25, 0.3) is 0 Å². The Labute approximate surface area is 159 Å². The summed E-state index contributed by atoms with van der Waals surface area (Å²) in [5, 5.41) is 0. The van der Waals surface area contributed by atoms with Crippen LogP contribution >= 0.6 is 0 Å². The van der Waals surface area contributed by atoms with Crippen LogP contribution in [0.3, 0.4) is 0 Å². The van der Waals surface area contributed by atoms with E-state index in [2.05, 4.69) is 11.6 Å². The van der Waals surface area contributed by atoms with Crippen LogP contribution in [0.25, 0.3) is 5.57 Å². The Morgan fingerprint density at radius 1 is 1.44 bits per heavy atom. The number of hydrogen-bond acceptors (Lipinski definition) is 4. The van der Waals surface area contributed by atoms with E-state index in [4.69, 9.17) is 4.74 Å². The zero-order chi connectivity index (χ0) is 19.6. The van der Waals surface area contributed by atoms with Gasteiger partial charge in [0.2, 0.25) is 0 Å². The number of aliphatic imine (C=N–C) groups is 1. The van der Waals surface area contributed by atoms with Crippen LogP contribution in [0.5, 0.6) is 0 Å². The Kier molecular flexibility index (Phi) is 5.59. The number of carbonyl (C=O) groups excluding carboxylic acids is 1. The summed E-state index contributed by atoms with van der Waals surface area (Å²) in [6.07, 6.45) is 6.90. The minimum atomic E-state index is -0.444. The topological polar surface area (TPSA) is 41.9 Å². The number of rotatable bonds is 5. The van der Waals surface area contributed by atoms with Crippen molar-refractivity contribution in [3.63, 3.8) is 0 Å². The van der Waals surface area contributed by atoms with Gasteiger partial charge in [-0.2, -0.15) is 0 Å². The van der Waals surface area contributed by atoms with Crippen molar-refractivity contribution in [1.82, 2.24) is 4.90 Å². The van der Waals surface area contributed by atoms with Gasteiger partial charge >= 0.3 is 5.97 Å². The number of carbonyl (C=O) groups is 1. The number of ether oxygens (including phenoxy) is 1. The van der Waals surface area contributed by atoms with Gasteiger partial charge in [-0.1, -0.05) is 31.2 Å². The number of allylic oxidation sites excluding steroid dienone is 3. The molecule has 27 heavy (non-hydrogen) atoms. The van der Waals surface area contributed by atoms with E-state index in [0.717, 1.165) is 18.5 Å². The first kappa shape index (κ1) is 19.1. The van der Waals surface area contributed by atoms with Crippen molar-refractivity contribution in [3.05, 3.63) is 65.4 Å². The highest BCUT2D eigenvalue weighted by molar-refractivity contribution is 6.41. The molecular formula is C22H25FN2O2. The number of halogens is 1. The maximum Gasteiger partial charge on any atom is 0.357 e. The molecule has 1 aliphatic carbocycles. The van der Waals surface area contributed by atoms with Crippen molar-refractivity contribution in [2.75, 3.05) is 13.7 Å². The molecule has 1 saturated carbocycles. The maximum atomic E-state index is 14.5. The van der Waals surface area contributed by atoms with Crippen LogP contribution < -0.4 is 0 Å². The smallest absolute Gasteiger partial charge is 0.357 e. The van der Waals surface area contributed by atoms with Gasteiger partial charge in [-0.05, 0) is 55.9 Å². The molecule has 0 radical (unpaired) electrons. The molecule has 0 spiro atoms. The van der Waals surface area contributed by atoms with Gasteiger partial charge in [0, 0.05) is 18.3 Å². The van der Waals surface area contributed by atoms with Gasteiger partial charge in [-0.25, -0.2) is 14.2 Å². The van der Waals surface area contributed by atoms with Crippen LogP contribution in [0.15, 0.2) is 53.4 Å². The lowest BCUT2D eigenvalue weighted by atomic mass is 9.81. The number of esters is 1. The Bertz CT molecular complexity index is 863. The molecule has 1 aromatic carbocycles. The quantitative estimate of drug-likeness (QED) is 0.712. The predicted octanol–water partition coefficient (Wildman–Crippen LogP) is 4.62. The van der Waals surface area contributed by atoms with Crippen LogP contribution in [-0.4, -0.2) is 30.2 Å². The Balaban J connectivity index is 1.97. The molecule has 1 aliphatic heterocycles. The highest BCUT2D eigenvalue weighted by atomic mass is 19.1. The summed E-state index contributed by atoms with van der Waals surface area (Å²) in [6.45, 7) is 7.80. The van der Waals surface area contributed by atoms with E-state index in [-0.39, 0.29) is 11.5 Å². The lowest BCUT2D eigenvalue weighted by Crippen LogP contribution is -2.32. The molecule has 142 valence electrons. The van der Waals surface area contributed by atoms with Crippen LogP contribution in [0, 0.1) is 18.7 Å². The molecule has 0 amide bonds. The van der Waals surface area contributed by atoms with E-state index in [1.54, 1.807) is 38.1 Å². The lowest BCUT2D eigenvalue weighted by Gasteiger charge is -2.36. The second kappa shape index (κ2) is 7.91. The largest absolute Gasteiger partial charge is 0.461 e. The van der Waals surface area contributed by atoms with Crippen molar-refractivity contribution < 1.29 is 13.9 Å². The Hall–Kier alpha value is -2.69. The van der Waals surface area contributed by atoms with Crippen molar-refractivity contribution in [2.45, 2.75) is 33.1 Å². The van der Waals surface area contributed by atoms with E-state index in [9.17, 15) is 9.18 Å². The van der Waals surface area contributed by atoms with E-state index in [0.29, 0.717) is 35.0 Å². The number of benzene rings is 1. The molecule has 0 saturated heterocycles. The van der Waals surface area contributed by atoms with Gasteiger partial charge in [0.05, 0.1) is 6.61 Å². The molecular weight excluding hydrogens is 343 g/mol. The summed E-state index contributed by atoms with van der Waals surface area (Å²) in [4.78, 5) is 18.7. The highest BCUT2D eigenvalue weighted by Gasteiger charge is 2.30. The van der Waals surface area contributed by atoms with Crippen LogP contribution in [0.2, 0.25) is 0 Å². The first-order chi connectivity index (χ1) is 12.9. The Morgan fingerprint density at radius 3 is 2.81 bits per heavy atom. The summed E-state index contributed by atoms with van der Waals surface area (Å²) in [5.74, 6) is 0.235. The summed E-state index contributed by atoms with van der Waals surface area (Å²) in [5.41, 5.74) is 2.84. The summed E-state index contributed by atoms with van der Waals surface area (Å²) >= 11 is 0. The van der Waals surface area contributed by atoms with Crippen molar-refractivity contribution in [2.24, 2.45) is 10.9 Å². The summed E-state index contributed by atoms with van der Waals surface area (Å²) in [6, 6.07) is 5.22. The normalized spacial score (nSPS) is 18.7. The third kappa shape index (κ3) is 3.87. The second-order valence-corrected chi connectivity index (χ2v) is 6.94. The SMILES string of the molecule is C=C(/C=C1/N=C(C(=O)OCC)C=C(C2CCC2)N1C)c1cccc(C)c1F. The minimum absolute atomic E-state index is 0.278. The predicted molar refractivity (Wildman–Crippen MR) is 106 cm³/mol. The fourth-order valence-corrected chi connectivity index (χ4v) is 3.26. The fraction of sp³-hybridized carbons (Fsp3) is 0.364. The molecule has 0 aromatic heterocycles. The van der Waals surface area contributed by atoms with Gasteiger partial charge in [0.15, 0.2) is 5.71 Å². The summed E-state index contributed by atoms with van der Waals surface area (Å²) in [7, 11) is 1.92. The molecule has 0 unspecified atom stereocenters. The standard InChI is InChI=1S/C22H25FN2O2/c1-5-27-22(26)18-13-19(16-9-7-10-16)25(4)20(24-18)12-15(3)17-11-6-8-14(2)21(17)23/h6,8,11-13,16H,3,5,7,9-10H2,1-2,4H3/b20-12-. The van der Waals surface area contributed by atoms with Crippen LogP contribution in [-0.2, 0) is 9.53 Å². The number of aryl methyl sites for hydroxylation is 1. The first-order valence-electron chi connectivity index (χ1n) is 9.29. The third-order valence-electron chi connectivity index (χ3n) is 5.10. The Morgan fingerprint density at radius 2 is 2.19 bits per heavy atom. The molecule has 0 atom stereocenters. The lowest BCUT2D eigenvalue weighted by molar-refractivity contribution is -0.134. The van der Waals surface area contributed by atoms with Gasteiger partial charge in [-0.15, -0.1) is 0 Å². The average molecular weight is 368 g/mol. The van der Waals surface area contributed by atoms with E-state index in [1.807, 2.05) is 18.0 Å². The maximum absolute atomic E-state index is 14.5. The molecule has 1 fully saturated rings. The van der Waals surface area contributed by atoms with E-state index in [1.165, 1.54) is 6.42 Å². The average Bonchev–Trinajstić information content (AvgIpc) is 2.59. The first-order valence-corrected chi connectivity index (χ1v) is 9.29. The zero-order valence-corrected chi connectivity index (χ0v) is 16.1. The summed E-state index contributed by atoms with van der Waals surface area (Å²) < 4.78 is 19.6. The molecule has 1 aromatic rings. The molecule has 3 rings (SSSR count). The van der Waals surface area contributed by atoms with Crippen LogP contribution in [0.1, 0.15) is 37.3 Å². The monoisotopic (exact) mass is 368 g/mol. The zero-order valence-electron chi connectivity index (χ0n) is 16.1.